The van der Waals surface area contributed by atoms with Crippen LogP contribution in [-0.4, -0.2) is 42.5 Å². The minimum absolute atomic E-state index is 0.797. The summed E-state index contributed by atoms with van der Waals surface area (Å²) in [6.45, 7) is 9.17. The Morgan fingerprint density at radius 3 is 2.84 bits per heavy atom. The van der Waals surface area contributed by atoms with Crippen LogP contribution in [0.2, 0.25) is 0 Å². The standard InChI is InChI=1S/C14H26N4S/c1-5-7-10-18(4)14(15-6-2)16-9-8-13-17-11-12(3)19-13/h11H,5-10H2,1-4H3,(H,15,16). The number of unbranched alkanes of at least 4 members (excludes halogenated alkanes) is 1. The number of aliphatic imine (C=N–C) groups is 1. The Bertz CT molecular complexity index is 387. The highest BCUT2D eigenvalue weighted by atomic mass is 32.1. The molecule has 0 spiro atoms. The molecule has 1 heterocycles. The minimum atomic E-state index is 0.797. The number of hydrogen-bond acceptors (Lipinski definition) is 3. The van der Waals surface area contributed by atoms with Gasteiger partial charge in [0.15, 0.2) is 5.96 Å². The van der Waals surface area contributed by atoms with Crippen LogP contribution >= 0.6 is 11.3 Å². The van der Waals surface area contributed by atoms with Gasteiger partial charge in [-0.15, -0.1) is 11.3 Å². The fraction of sp³-hybridized carbons (Fsp3) is 0.714. The van der Waals surface area contributed by atoms with Crippen LogP contribution in [0.25, 0.3) is 0 Å². The Morgan fingerprint density at radius 1 is 1.47 bits per heavy atom. The number of aryl methyl sites for hydroxylation is 1. The Labute approximate surface area is 121 Å². The van der Waals surface area contributed by atoms with E-state index in [4.69, 9.17) is 0 Å². The zero-order valence-electron chi connectivity index (χ0n) is 12.6. The Morgan fingerprint density at radius 2 is 2.26 bits per heavy atom. The summed E-state index contributed by atoms with van der Waals surface area (Å²) < 4.78 is 0. The molecule has 1 aromatic heterocycles. The molecule has 0 fully saturated rings. The zero-order chi connectivity index (χ0) is 14.1. The first-order chi connectivity index (χ1) is 9.17. The zero-order valence-corrected chi connectivity index (χ0v) is 13.4. The van der Waals surface area contributed by atoms with Crippen molar-refractivity contribution in [1.29, 1.82) is 0 Å². The van der Waals surface area contributed by atoms with Crippen molar-refractivity contribution in [2.24, 2.45) is 4.99 Å². The first-order valence-electron chi connectivity index (χ1n) is 7.08. The maximum absolute atomic E-state index is 4.67. The van der Waals surface area contributed by atoms with E-state index in [2.05, 4.69) is 48.0 Å². The molecule has 0 unspecified atom stereocenters. The van der Waals surface area contributed by atoms with Crippen molar-refractivity contribution < 1.29 is 0 Å². The first kappa shape index (κ1) is 16.0. The molecule has 1 N–H and O–H groups in total. The van der Waals surface area contributed by atoms with Gasteiger partial charge in [0.1, 0.15) is 0 Å². The number of thiazole rings is 1. The van der Waals surface area contributed by atoms with Crippen LogP contribution in [0.4, 0.5) is 0 Å². The molecule has 0 bridgehead atoms. The van der Waals surface area contributed by atoms with Gasteiger partial charge in [-0.2, -0.15) is 0 Å². The lowest BCUT2D eigenvalue weighted by atomic mass is 10.3. The molecule has 5 heteroatoms. The van der Waals surface area contributed by atoms with E-state index in [-0.39, 0.29) is 0 Å². The molecule has 0 aromatic carbocycles. The minimum Gasteiger partial charge on any atom is -0.357 e. The highest BCUT2D eigenvalue weighted by molar-refractivity contribution is 7.11. The molecule has 108 valence electrons. The van der Waals surface area contributed by atoms with Crippen LogP contribution in [0, 0.1) is 6.92 Å². The normalized spacial score (nSPS) is 11.7. The van der Waals surface area contributed by atoms with Crippen molar-refractivity contribution in [1.82, 2.24) is 15.2 Å². The number of hydrogen-bond donors (Lipinski definition) is 1. The van der Waals surface area contributed by atoms with E-state index in [9.17, 15) is 0 Å². The third-order valence-electron chi connectivity index (χ3n) is 2.80. The van der Waals surface area contributed by atoms with Gasteiger partial charge >= 0.3 is 0 Å². The fourth-order valence-electron chi connectivity index (χ4n) is 1.75. The second-order valence-electron chi connectivity index (χ2n) is 4.63. The lowest BCUT2D eigenvalue weighted by molar-refractivity contribution is 0.465. The van der Waals surface area contributed by atoms with Crippen LogP contribution in [0.1, 0.15) is 36.6 Å². The molecule has 1 rings (SSSR count). The molecular weight excluding hydrogens is 256 g/mol. The number of nitrogens with zero attached hydrogens (tertiary/aromatic N) is 3. The van der Waals surface area contributed by atoms with Gasteiger partial charge in [-0.1, -0.05) is 13.3 Å². The van der Waals surface area contributed by atoms with E-state index in [1.807, 2.05) is 6.20 Å². The average molecular weight is 282 g/mol. The molecule has 0 saturated carbocycles. The highest BCUT2D eigenvalue weighted by Crippen LogP contribution is 2.11. The Balaban J connectivity index is 2.47. The second kappa shape index (κ2) is 8.91. The molecule has 0 amide bonds. The predicted octanol–water partition coefficient (Wildman–Crippen LogP) is 2.69. The number of guanidine groups is 1. The summed E-state index contributed by atoms with van der Waals surface area (Å²) in [5, 5.41) is 4.52. The van der Waals surface area contributed by atoms with Gasteiger partial charge in [-0.05, 0) is 20.3 Å². The van der Waals surface area contributed by atoms with Crippen LogP contribution < -0.4 is 5.32 Å². The largest absolute Gasteiger partial charge is 0.357 e. The van der Waals surface area contributed by atoms with E-state index in [1.165, 1.54) is 22.7 Å². The van der Waals surface area contributed by atoms with Crippen molar-refractivity contribution >= 4 is 17.3 Å². The van der Waals surface area contributed by atoms with Crippen LogP contribution in [0.3, 0.4) is 0 Å². The average Bonchev–Trinajstić information content (AvgIpc) is 2.80. The molecule has 19 heavy (non-hydrogen) atoms. The molecule has 0 aliphatic heterocycles. The number of aromatic nitrogens is 1. The van der Waals surface area contributed by atoms with Gasteiger partial charge in [0.05, 0.1) is 5.01 Å². The summed E-state index contributed by atoms with van der Waals surface area (Å²) >= 11 is 1.76. The van der Waals surface area contributed by atoms with E-state index in [0.717, 1.165) is 32.0 Å². The van der Waals surface area contributed by atoms with E-state index >= 15 is 0 Å². The number of nitrogens with one attached hydrogen (secondary N) is 1. The van der Waals surface area contributed by atoms with E-state index in [0.29, 0.717) is 0 Å². The summed E-state index contributed by atoms with van der Waals surface area (Å²) in [6, 6.07) is 0. The summed E-state index contributed by atoms with van der Waals surface area (Å²) in [6.07, 6.45) is 5.27. The van der Waals surface area contributed by atoms with Crippen LogP contribution in [0.15, 0.2) is 11.2 Å². The van der Waals surface area contributed by atoms with Crippen LogP contribution in [0.5, 0.6) is 0 Å². The molecular formula is C14H26N4S. The number of rotatable bonds is 7. The van der Waals surface area contributed by atoms with Gasteiger partial charge in [0.25, 0.3) is 0 Å². The molecule has 1 aromatic rings. The van der Waals surface area contributed by atoms with Gasteiger partial charge in [0.2, 0.25) is 0 Å². The Hall–Kier alpha value is -1.10. The van der Waals surface area contributed by atoms with Gasteiger partial charge in [0, 0.05) is 44.2 Å². The van der Waals surface area contributed by atoms with Crippen molar-refractivity contribution in [2.75, 3.05) is 26.7 Å². The molecule has 0 aliphatic rings. The monoisotopic (exact) mass is 282 g/mol. The van der Waals surface area contributed by atoms with Crippen molar-refractivity contribution in [3.8, 4) is 0 Å². The lowest BCUT2D eigenvalue weighted by Crippen LogP contribution is -2.39. The van der Waals surface area contributed by atoms with Gasteiger partial charge in [-0.25, -0.2) is 4.98 Å². The quantitative estimate of drug-likeness (QED) is 0.617. The summed E-state index contributed by atoms with van der Waals surface area (Å²) in [5.74, 6) is 1.00. The van der Waals surface area contributed by atoms with Gasteiger partial charge < -0.3 is 10.2 Å². The summed E-state index contributed by atoms with van der Waals surface area (Å²) in [5.41, 5.74) is 0. The summed E-state index contributed by atoms with van der Waals surface area (Å²) in [4.78, 5) is 12.5. The molecule has 4 nitrogen and oxygen atoms in total. The van der Waals surface area contributed by atoms with Crippen molar-refractivity contribution in [3.63, 3.8) is 0 Å². The van der Waals surface area contributed by atoms with Crippen LogP contribution in [-0.2, 0) is 6.42 Å². The predicted molar refractivity (Wildman–Crippen MR) is 84.1 cm³/mol. The molecule has 0 aliphatic carbocycles. The van der Waals surface area contributed by atoms with Gasteiger partial charge in [-0.3, -0.25) is 4.99 Å². The maximum Gasteiger partial charge on any atom is 0.193 e. The highest BCUT2D eigenvalue weighted by Gasteiger charge is 2.04. The Kier molecular flexibility index (Phi) is 7.48. The molecule has 0 radical (unpaired) electrons. The fourth-order valence-corrected chi connectivity index (χ4v) is 2.52. The van der Waals surface area contributed by atoms with E-state index < -0.39 is 0 Å². The third kappa shape index (κ3) is 6.05. The van der Waals surface area contributed by atoms with Crippen molar-refractivity contribution in [3.05, 3.63) is 16.1 Å². The molecule has 0 saturated heterocycles. The first-order valence-corrected chi connectivity index (χ1v) is 7.89. The third-order valence-corrected chi connectivity index (χ3v) is 3.77. The lowest BCUT2D eigenvalue weighted by Gasteiger charge is -2.21. The molecule has 0 atom stereocenters. The van der Waals surface area contributed by atoms with Crippen molar-refractivity contribution in [2.45, 2.75) is 40.0 Å². The smallest absolute Gasteiger partial charge is 0.193 e. The SMILES string of the molecule is CCCCN(C)C(=NCCc1ncc(C)s1)NCC. The maximum atomic E-state index is 4.67. The topological polar surface area (TPSA) is 40.5 Å². The summed E-state index contributed by atoms with van der Waals surface area (Å²) in [7, 11) is 2.10. The second-order valence-corrected chi connectivity index (χ2v) is 5.94. The van der Waals surface area contributed by atoms with E-state index in [1.54, 1.807) is 11.3 Å².